The van der Waals surface area contributed by atoms with Crippen LogP contribution in [0.2, 0.25) is 0 Å². The van der Waals surface area contributed by atoms with E-state index in [0.29, 0.717) is 30.2 Å². The van der Waals surface area contributed by atoms with Crippen LogP contribution in [-0.4, -0.2) is 70.9 Å². The van der Waals surface area contributed by atoms with E-state index in [1.807, 2.05) is 12.1 Å². The van der Waals surface area contributed by atoms with E-state index < -0.39 is 17.9 Å². The van der Waals surface area contributed by atoms with Gasteiger partial charge in [0.15, 0.2) is 23.0 Å². The van der Waals surface area contributed by atoms with Crippen molar-refractivity contribution in [1.29, 1.82) is 0 Å². The molecular formula is C29H38N4O8. The van der Waals surface area contributed by atoms with Crippen LogP contribution < -0.4 is 40.6 Å². The number of hydrogen-bond acceptors (Lipinski definition) is 10. The van der Waals surface area contributed by atoms with Crippen molar-refractivity contribution in [2.75, 3.05) is 53.8 Å². The third-order valence-electron chi connectivity index (χ3n) is 7.96. The van der Waals surface area contributed by atoms with E-state index in [0.717, 1.165) is 43.5 Å². The number of amides is 2. The van der Waals surface area contributed by atoms with E-state index in [2.05, 4.69) is 16.0 Å². The van der Waals surface area contributed by atoms with Crippen molar-refractivity contribution >= 4 is 12.0 Å². The molecule has 4 unspecified atom stereocenters. The highest BCUT2D eigenvalue weighted by Gasteiger charge is 2.53. The first-order valence-electron chi connectivity index (χ1n) is 14.0. The highest BCUT2D eigenvalue weighted by Crippen LogP contribution is 2.55. The number of nitrogens with one attached hydrogen (secondary N) is 3. The maximum atomic E-state index is 13.2. The molecule has 1 aliphatic carbocycles. The Hall–Kier alpha value is -3.90. The predicted molar refractivity (Wildman–Crippen MR) is 149 cm³/mol. The van der Waals surface area contributed by atoms with Crippen LogP contribution in [0, 0.1) is 11.8 Å². The summed E-state index contributed by atoms with van der Waals surface area (Å²) in [5.41, 5.74) is 7.82. The Balaban J connectivity index is 1.42. The fraction of sp³-hybridized carbons (Fsp3) is 0.517. The van der Waals surface area contributed by atoms with Crippen LogP contribution in [0.4, 0.5) is 4.79 Å². The second kappa shape index (κ2) is 12.7. The molecule has 222 valence electrons. The number of phenolic OH excluding ortho intramolecular Hbond substituents is 1. The lowest BCUT2D eigenvalue weighted by Crippen LogP contribution is -2.46. The van der Waals surface area contributed by atoms with Crippen LogP contribution >= 0.6 is 0 Å². The zero-order valence-electron chi connectivity index (χ0n) is 23.4. The highest BCUT2D eigenvalue weighted by atomic mass is 16.7. The number of aromatic hydroxyl groups is 1. The molecule has 6 N–H and O–H groups in total. The number of ether oxygens (including phenoxy) is 5. The lowest BCUT2D eigenvalue weighted by atomic mass is 9.65. The first-order chi connectivity index (χ1) is 20.0. The fourth-order valence-corrected chi connectivity index (χ4v) is 5.97. The maximum absolute atomic E-state index is 13.2. The summed E-state index contributed by atoms with van der Waals surface area (Å²) in [6.45, 7) is 3.10. The normalized spacial score (nSPS) is 22.0. The van der Waals surface area contributed by atoms with E-state index in [4.69, 9.17) is 29.4 Å². The molecule has 3 aliphatic rings. The summed E-state index contributed by atoms with van der Waals surface area (Å²) in [4.78, 5) is 26.3. The number of esters is 1. The summed E-state index contributed by atoms with van der Waals surface area (Å²) in [5, 5.41) is 19.9. The number of carbonyl (C=O) groups excluding carboxylic acids is 2. The molecule has 12 nitrogen and oxygen atoms in total. The summed E-state index contributed by atoms with van der Waals surface area (Å²) >= 11 is 0. The van der Waals surface area contributed by atoms with Crippen LogP contribution in [0.25, 0.3) is 0 Å². The number of rotatable bonds is 12. The molecule has 2 aliphatic heterocycles. The molecule has 41 heavy (non-hydrogen) atoms. The van der Waals surface area contributed by atoms with Crippen molar-refractivity contribution in [2.45, 2.75) is 31.2 Å². The van der Waals surface area contributed by atoms with Crippen molar-refractivity contribution < 1.29 is 38.4 Å². The second-order valence-electron chi connectivity index (χ2n) is 10.4. The Morgan fingerprint density at radius 3 is 2.34 bits per heavy atom. The standard InChI is InChI=1S/C29H38N4O8/c1-37-22-10-16(11-23(38-2)27(22)34)24-17-12-20-21(41-15-40-20)13-18(17)26(19-14-39-28(35)25(19)24)33-29(36)32-9-5-8-31-7-4-3-6-30/h10-13,19,24-26,31,34H,3-9,14-15,30H2,1-2H3,(H2,32,33,36). The number of methoxy groups -OCH3 is 2. The van der Waals surface area contributed by atoms with Gasteiger partial charge in [0.05, 0.1) is 32.8 Å². The first-order valence-corrected chi connectivity index (χ1v) is 14.0. The van der Waals surface area contributed by atoms with Gasteiger partial charge in [0.25, 0.3) is 0 Å². The Morgan fingerprint density at radius 1 is 0.976 bits per heavy atom. The molecule has 1 fully saturated rings. The molecule has 0 spiro atoms. The summed E-state index contributed by atoms with van der Waals surface area (Å²) in [7, 11) is 2.91. The number of nitrogens with two attached hydrogens (primary N) is 1. The minimum atomic E-state index is -0.607. The highest BCUT2D eigenvalue weighted by molar-refractivity contribution is 5.80. The predicted octanol–water partition coefficient (Wildman–Crippen LogP) is 2.13. The van der Waals surface area contributed by atoms with Gasteiger partial charge in [0, 0.05) is 18.4 Å². The van der Waals surface area contributed by atoms with E-state index in [1.54, 1.807) is 12.1 Å². The Labute approximate surface area is 238 Å². The zero-order valence-corrected chi connectivity index (χ0v) is 23.4. The number of unbranched alkanes of at least 4 members (excludes halogenated alkanes) is 1. The van der Waals surface area contributed by atoms with Gasteiger partial charge >= 0.3 is 12.0 Å². The van der Waals surface area contributed by atoms with E-state index in [9.17, 15) is 14.7 Å². The molecule has 2 heterocycles. The van der Waals surface area contributed by atoms with Crippen LogP contribution in [0.3, 0.4) is 0 Å². The second-order valence-corrected chi connectivity index (χ2v) is 10.4. The summed E-state index contributed by atoms with van der Waals surface area (Å²) < 4.78 is 27.7. The molecule has 4 atom stereocenters. The number of cyclic esters (lactones) is 1. The Bertz CT molecular complexity index is 1250. The first kappa shape index (κ1) is 28.6. The van der Waals surface area contributed by atoms with Gasteiger partial charge in [-0.1, -0.05) is 0 Å². The van der Waals surface area contributed by atoms with Crippen LogP contribution in [0.15, 0.2) is 24.3 Å². The van der Waals surface area contributed by atoms with E-state index >= 15 is 0 Å². The van der Waals surface area contributed by atoms with Crippen LogP contribution in [0.1, 0.15) is 47.9 Å². The summed E-state index contributed by atoms with van der Waals surface area (Å²) in [5.74, 6) is -0.356. The molecule has 2 amide bonds. The molecule has 0 radical (unpaired) electrons. The minimum absolute atomic E-state index is 0.0808. The average Bonchev–Trinajstić information content (AvgIpc) is 3.60. The summed E-state index contributed by atoms with van der Waals surface area (Å²) in [6, 6.07) is 6.29. The number of carbonyl (C=O) groups is 2. The van der Waals surface area contributed by atoms with Gasteiger partial charge in [-0.25, -0.2) is 4.79 Å². The molecule has 1 saturated heterocycles. The largest absolute Gasteiger partial charge is 0.502 e. The van der Waals surface area contributed by atoms with Gasteiger partial charge in [-0.05, 0) is 79.9 Å². The molecule has 12 heteroatoms. The van der Waals surface area contributed by atoms with Gasteiger partial charge in [-0.2, -0.15) is 0 Å². The van der Waals surface area contributed by atoms with Gasteiger partial charge in [0.2, 0.25) is 12.5 Å². The van der Waals surface area contributed by atoms with Crippen molar-refractivity contribution in [3.63, 3.8) is 0 Å². The fourth-order valence-electron chi connectivity index (χ4n) is 5.97. The molecule has 0 aromatic heterocycles. The lowest BCUT2D eigenvalue weighted by molar-refractivity contribution is -0.141. The van der Waals surface area contributed by atoms with Gasteiger partial charge in [-0.3, -0.25) is 4.79 Å². The molecule has 0 saturated carbocycles. The average molecular weight is 571 g/mol. The van der Waals surface area contributed by atoms with Crippen LogP contribution in [-0.2, 0) is 9.53 Å². The molecule has 5 rings (SSSR count). The number of phenols is 1. The monoisotopic (exact) mass is 570 g/mol. The SMILES string of the molecule is COc1cc(C2c3cc4c(cc3C(NC(=O)NCCCNCCCCN)C3COC(=O)C23)OCO4)cc(OC)c1O. The Morgan fingerprint density at radius 2 is 1.66 bits per heavy atom. The number of urea groups is 1. The molecule has 2 aromatic rings. The maximum Gasteiger partial charge on any atom is 0.315 e. The van der Waals surface area contributed by atoms with Crippen molar-refractivity contribution in [2.24, 2.45) is 17.6 Å². The third-order valence-corrected chi connectivity index (χ3v) is 7.96. The minimum Gasteiger partial charge on any atom is -0.502 e. The molecule has 0 bridgehead atoms. The van der Waals surface area contributed by atoms with E-state index in [1.165, 1.54) is 14.2 Å². The Kier molecular flexibility index (Phi) is 8.89. The zero-order chi connectivity index (χ0) is 28.9. The van der Waals surface area contributed by atoms with Gasteiger partial charge in [0.1, 0.15) is 0 Å². The van der Waals surface area contributed by atoms with Crippen molar-refractivity contribution in [3.05, 3.63) is 41.0 Å². The van der Waals surface area contributed by atoms with E-state index in [-0.39, 0.29) is 48.6 Å². The van der Waals surface area contributed by atoms with Crippen LogP contribution in [0.5, 0.6) is 28.7 Å². The van der Waals surface area contributed by atoms with Gasteiger partial charge < -0.3 is 50.5 Å². The number of hydrogen-bond donors (Lipinski definition) is 5. The summed E-state index contributed by atoms with van der Waals surface area (Å²) in [6.07, 6.45) is 2.79. The quantitative estimate of drug-likeness (QED) is 0.189. The smallest absolute Gasteiger partial charge is 0.315 e. The topological polar surface area (TPSA) is 163 Å². The lowest BCUT2D eigenvalue weighted by Gasteiger charge is -2.39. The molecule has 2 aromatic carbocycles. The van der Waals surface area contributed by atoms with Crippen molar-refractivity contribution in [3.8, 4) is 28.7 Å². The third kappa shape index (κ3) is 5.80. The van der Waals surface area contributed by atoms with Gasteiger partial charge in [-0.15, -0.1) is 0 Å². The number of fused-ring (bicyclic) bond motifs is 3. The van der Waals surface area contributed by atoms with Crippen molar-refractivity contribution in [1.82, 2.24) is 16.0 Å². The number of benzene rings is 2. The molecular weight excluding hydrogens is 532 g/mol.